The summed E-state index contributed by atoms with van der Waals surface area (Å²) in [6, 6.07) is 7.32. The summed E-state index contributed by atoms with van der Waals surface area (Å²) in [6.45, 7) is 3.34. The second-order valence-corrected chi connectivity index (χ2v) is 7.48. The summed E-state index contributed by atoms with van der Waals surface area (Å²) in [6.07, 6.45) is 1.34. The van der Waals surface area contributed by atoms with Crippen LogP contribution < -0.4 is 4.90 Å². The molecule has 1 fully saturated rings. The minimum absolute atomic E-state index is 0.0869. The molecule has 19 heavy (non-hydrogen) atoms. The van der Waals surface area contributed by atoms with Gasteiger partial charge in [-0.3, -0.25) is 0 Å². The molecule has 1 aromatic carbocycles. The molecule has 1 saturated heterocycles. The monoisotopic (exact) mass is 347 g/mol. The average Bonchev–Trinajstić information content (AvgIpc) is 2.38. The van der Waals surface area contributed by atoms with Gasteiger partial charge in [0.1, 0.15) is 0 Å². The number of anilines is 1. The van der Waals surface area contributed by atoms with E-state index in [1.54, 1.807) is 12.1 Å². The summed E-state index contributed by atoms with van der Waals surface area (Å²) < 4.78 is 29.5. The quantitative estimate of drug-likeness (QED) is 0.785. The highest BCUT2D eigenvalue weighted by molar-refractivity contribution is 9.09. The van der Waals surface area contributed by atoms with Gasteiger partial charge in [0.15, 0.2) is 9.84 Å². The van der Waals surface area contributed by atoms with Crippen LogP contribution >= 0.6 is 15.9 Å². The Hall–Kier alpha value is -0.590. The molecule has 0 N–H and O–H groups in total. The van der Waals surface area contributed by atoms with E-state index >= 15 is 0 Å². The van der Waals surface area contributed by atoms with Gasteiger partial charge < -0.3 is 9.64 Å². The minimum Gasteiger partial charge on any atom is -0.373 e. The molecule has 0 aliphatic carbocycles. The molecule has 0 bridgehead atoms. The molecule has 106 valence electrons. The standard InChI is InChI=1S/C13H18BrNO3S/c1-10-9-18-11(7-14)8-15(10)12-5-3-4-6-13(12)19(2,16)17/h3-6,10-11H,7-9H2,1-2H3. The van der Waals surface area contributed by atoms with E-state index in [9.17, 15) is 8.42 Å². The summed E-state index contributed by atoms with van der Waals surface area (Å²) in [5.41, 5.74) is 0.770. The van der Waals surface area contributed by atoms with Crippen LogP contribution in [-0.2, 0) is 14.6 Å². The highest BCUT2D eigenvalue weighted by Gasteiger charge is 2.28. The van der Waals surface area contributed by atoms with E-state index in [0.29, 0.717) is 18.0 Å². The van der Waals surface area contributed by atoms with Crippen molar-refractivity contribution in [2.75, 3.05) is 29.6 Å². The van der Waals surface area contributed by atoms with E-state index in [-0.39, 0.29) is 12.1 Å². The number of rotatable bonds is 3. The minimum atomic E-state index is -3.22. The molecule has 0 saturated carbocycles. The van der Waals surface area contributed by atoms with Gasteiger partial charge in [-0.25, -0.2) is 8.42 Å². The van der Waals surface area contributed by atoms with Gasteiger partial charge in [-0.1, -0.05) is 28.1 Å². The van der Waals surface area contributed by atoms with E-state index < -0.39 is 9.84 Å². The Bertz CT molecular complexity index is 547. The van der Waals surface area contributed by atoms with Gasteiger partial charge in [0.2, 0.25) is 0 Å². The Morgan fingerprint density at radius 1 is 1.42 bits per heavy atom. The van der Waals surface area contributed by atoms with Gasteiger partial charge in [0, 0.05) is 24.2 Å². The first-order valence-electron chi connectivity index (χ1n) is 6.16. The van der Waals surface area contributed by atoms with Crippen molar-refractivity contribution in [3.8, 4) is 0 Å². The lowest BCUT2D eigenvalue weighted by molar-refractivity contribution is 0.0378. The lowest BCUT2D eigenvalue weighted by Gasteiger charge is -2.39. The number of para-hydroxylation sites is 1. The fourth-order valence-electron chi connectivity index (χ4n) is 2.25. The van der Waals surface area contributed by atoms with Crippen molar-refractivity contribution in [1.29, 1.82) is 0 Å². The molecule has 2 unspecified atom stereocenters. The van der Waals surface area contributed by atoms with Crippen molar-refractivity contribution in [3.63, 3.8) is 0 Å². The van der Waals surface area contributed by atoms with Crippen LogP contribution in [0.2, 0.25) is 0 Å². The molecule has 1 aromatic rings. The molecule has 4 nitrogen and oxygen atoms in total. The van der Waals surface area contributed by atoms with Gasteiger partial charge in [-0.15, -0.1) is 0 Å². The number of benzene rings is 1. The third kappa shape index (κ3) is 3.30. The maximum absolute atomic E-state index is 11.9. The van der Waals surface area contributed by atoms with E-state index in [0.717, 1.165) is 11.0 Å². The van der Waals surface area contributed by atoms with Gasteiger partial charge >= 0.3 is 0 Å². The number of alkyl halides is 1. The number of halogens is 1. The molecule has 0 aromatic heterocycles. The van der Waals surface area contributed by atoms with Crippen LogP contribution in [0.5, 0.6) is 0 Å². The predicted octanol–water partition coefficient (Wildman–Crippen LogP) is 2.08. The zero-order valence-corrected chi connectivity index (χ0v) is 13.4. The number of hydrogen-bond acceptors (Lipinski definition) is 4. The number of ether oxygens (including phenoxy) is 1. The van der Waals surface area contributed by atoms with Gasteiger partial charge in [0.05, 0.1) is 23.3 Å². The highest BCUT2D eigenvalue weighted by atomic mass is 79.9. The molecular formula is C13H18BrNO3S. The van der Waals surface area contributed by atoms with Crippen LogP contribution in [0.15, 0.2) is 29.2 Å². The maximum atomic E-state index is 11.9. The number of nitrogens with zero attached hydrogens (tertiary/aromatic N) is 1. The maximum Gasteiger partial charge on any atom is 0.177 e. The largest absolute Gasteiger partial charge is 0.373 e. The lowest BCUT2D eigenvalue weighted by atomic mass is 10.1. The van der Waals surface area contributed by atoms with Crippen LogP contribution in [0.4, 0.5) is 5.69 Å². The first-order chi connectivity index (χ1) is 8.93. The second-order valence-electron chi connectivity index (χ2n) is 4.85. The molecule has 1 heterocycles. The third-order valence-electron chi connectivity index (χ3n) is 3.25. The van der Waals surface area contributed by atoms with Gasteiger partial charge in [0.25, 0.3) is 0 Å². The highest BCUT2D eigenvalue weighted by Crippen LogP contribution is 2.29. The number of hydrogen-bond donors (Lipinski definition) is 0. The Kier molecular flexibility index (Phi) is 4.53. The SMILES string of the molecule is CC1COC(CBr)CN1c1ccccc1S(C)(=O)=O. The fraction of sp³-hybridized carbons (Fsp3) is 0.538. The lowest BCUT2D eigenvalue weighted by Crippen LogP contribution is -2.49. The number of morpholine rings is 1. The van der Waals surface area contributed by atoms with Crippen molar-refractivity contribution in [2.24, 2.45) is 0 Å². The van der Waals surface area contributed by atoms with E-state index in [1.165, 1.54) is 6.26 Å². The van der Waals surface area contributed by atoms with Crippen molar-refractivity contribution in [3.05, 3.63) is 24.3 Å². The smallest absolute Gasteiger partial charge is 0.177 e. The molecule has 6 heteroatoms. The zero-order chi connectivity index (χ0) is 14.0. The summed E-state index contributed by atoms with van der Waals surface area (Å²) in [7, 11) is -3.22. The Morgan fingerprint density at radius 2 is 2.11 bits per heavy atom. The summed E-state index contributed by atoms with van der Waals surface area (Å²) in [5, 5.41) is 0.747. The Labute approximate surface area is 122 Å². The second kappa shape index (κ2) is 5.81. The normalized spacial score (nSPS) is 24.5. The van der Waals surface area contributed by atoms with Crippen LogP contribution in [0.25, 0.3) is 0 Å². The van der Waals surface area contributed by atoms with Crippen LogP contribution in [-0.4, -0.2) is 45.3 Å². The molecule has 1 aliphatic heterocycles. The van der Waals surface area contributed by atoms with Gasteiger partial charge in [-0.2, -0.15) is 0 Å². The molecule has 2 rings (SSSR count). The molecule has 0 radical (unpaired) electrons. The van der Waals surface area contributed by atoms with Crippen molar-refractivity contribution in [2.45, 2.75) is 24.0 Å². The third-order valence-corrected chi connectivity index (χ3v) is 5.12. The average molecular weight is 348 g/mol. The first kappa shape index (κ1) is 14.8. The van der Waals surface area contributed by atoms with Crippen molar-refractivity contribution in [1.82, 2.24) is 0 Å². The summed E-state index contributed by atoms with van der Waals surface area (Å²) in [4.78, 5) is 2.50. The van der Waals surface area contributed by atoms with Crippen LogP contribution in [0.3, 0.4) is 0 Å². The van der Waals surface area contributed by atoms with E-state index in [4.69, 9.17) is 4.74 Å². The molecule has 0 amide bonds. The topological polar surface area (TPSA) is 46.6 Å². The van der Waals surface area contributed by atoms with Gasteiger partial charge in [-0.05, 0) is 19.1 Å². The molecular weight excluding hydrogens is 330 g/mol. The predicted molar refractivity (Wildman–Crippen MR) is 79.9 cm³/mol. The zero-order valence-electron chi connectivity index (χ0n) is 11.0. The molecule has 0 spiro atoms. The Balaban J connectivity index is 2.40. The summed E-state index contributed by atoms with van der Waals surface area (Å²) >= 11 is 3.42. The first-order valence-corrected chi connectivity index (χ1v) is 9.18. The Morgan fingerprint density at radius 3 is 2.74 bits per heavy atom. The van der Waals surface area contributed by atoms with Crippen LogP contribution in [0, 0.1) is 0 Å². The van der Waals surface area contributed by atoms with Crippen molar-refractivity contribution < 1.29 is 13.2 Å². The van der Waals surface area contributed by atoms with Crippen molar-refractivity contribution >= 4 is 31.5 Å². The van der Waals surface area contributed by atoms with E-state index in [2.05, 4.69) is 20.8 Å². The van der Waals surface area contributed by atoms with E-state index in [1.807, 2.05) is 19.1 Å². The molecule has 2 atom stereocenters. The van der Waals surface area contributed by atoms with Crippen LogP contribution in [0.1, 0.15) is 6.92 Å². The molecule has 1 aliphatic rings. The fourth-order valence-corrected chi connectivity index (χ4v) is 3.54. The summed E-state index contributed by atoms with van der Waals surface area (Å²) in [5.74, 6) is 0. The number of sulfone groups is 1.